The zero-order valence-corrected chi connectivity index (χ0v) is 17.3. The van der Waals surface area contributed by atoms with Gasteiger partial charge in [0.1, 0.15) is 5.75 Å². The molecule has 4 rings (SSSR count). The summed E-state index contributed by atoms with van der Waals surface area (Å²) in [5.41, 5.74) is 4.87. The van der Waals surface area contributed by atoms with Crippen molar-refractivity contribution in [2.24, 2.45) is 0 Å². The minimum absolute atomic E-state index is 0.258. The van der Waals surface area contributed by atoms with Crippen molar-refractivity contribution in [2.45, 2.75) is 6.92 Å². The molecular formula is C21H17N3O3S2. The molecule has 4 aromatic rings. The third-order valence-corrected chi connectivity index (χ3v) is 6.22. The number of thiazole rings is 1. The predicted octanol–water partition coefficient (Wildman–Crippen LogP) is 5.18. The van der Waals surface area contributed by atoms with Crippen LogP contribution < -0.4 is 15.4 Å². The van der Waals surface area contributed by atoms with Crippen LogP contribution >= 0.6 is 22.7 Å². The minimum Gasteiger partial charge on any atom is -0.497 e. The topological polar surface area (TPSA) is 80.3 Å². The summed E-state index contributed by atoms with van der Waals surface area (Å²) in [4.78, 5) is 30.3. The molecule has 0 aliphatic heterocycles. The number of amides is 2. The summed E-state index contributed by atoms with van der Waals surface area (Å²) in [5, 5.41) is 5.73. The summed E-state index contributed by atoms with van der Waals surface area (Å²) in [6, 6.07) is 14.3. The van der Waals surface area contributed by atoms with Gasteiger partial charge >= 0.3 is 0 Å². The fourth-order valence-corrected chi connectivity index (χ4v) is 4.25. The van der Waals surface area contributed by atoms with Crippen molar-refractivity contribution >= 4 is 56.1 Å². The number of carbonyl (C=O) groups is 2. The van der Waals surface area contributed by atoms with Crippen molar-refractivity contribution in [2.75, 3.05) is 17.7 Å². The monoisotopic (exact) mass is 423 g/mol. The van der Waals surface area contributed by atoms with E-state index >= 15 is 0 Å². The number of carbonyl (C=O) groups excluding carboxylic acids is 2. The first-order valence-corrected chi connectivity index (χ1v) is 10.4. The number of aryl methyl sites for hydroxylation is 1. The minimum atomic E-state index is -0.260. The van der Waals surface area contributed by atoms with Crippen LogP contribution in [0.4, 0.5) is 11.4 Å². The average Bonchev–Trinajstić information content (AvgIpc) is 3.38. The molecule has 29 heavy (non-hydrogen) atoms. The quantitative estimate of drug-likeness (QED) is 0.463. The molecule has 0 saturated heterocycles. The summed E-state index contributed by atoms with van der Waals surface area (Å²) < 4.78 is 6.24. The molecule has 2 aromatic carbocycles. The van der Waals surface area contributed by atoms with E-state index in [1.807, 2.05) is 31.2 Å². The van der Waals surface area contributed by atoms with Crippen LogP contribution in [0.1, 0.15) is 24.9 Å². The summed E-state index contributed by atoms with van der Waals surface area (Å²) in [6.45, 7) is 1.89. The maximum atomic E-state index is 12.6. The third kappa shape index (κ3) is 4.13. The van der Waals surface area contributed by atoms with Crippen LogP contribution in [0.25, 0.3) is 10.2 Å². The van der Waals surface area contributed by atoms with Gasteiger partial charge in [0.15, 0.2) is 0 Å². The van der Waals surface area contributed by atoms with Crippen LogP contribution in [0.2, 0.25) is 0 Å². The van der Waals surface area contributed by atoms with E-state index in [0.29, 0.717) is 21.1 Å². The second kappa shape index (κ2) is 8.02. The van der Waals surface area contributed by atoms with E-state index in [4.69, 9.17) is 4.74 Å². The molecule has 8 heteroatoms. The molecule has 0 radical (unpaired) electrons. The lowest BCUT2D eigenvalue weighted by molar-refractivity contribution is 0.102. The maximum absolute atomic E-state index is 12.6. The lowest BCUT2D eigenvalue weighted by Gasteiger charge is -2.09. The lowest BCUT2D eigenvalue weighted by atomic mass is 10.2. The molecule has 0 unspecified atom stereocenters. The van der Waals surface area contributed by atoms with Crippen molar-refractivity contribution in [3.8, 4) is 5.75 Å². The highest BCUT2D eigenvalue weighted by Crippen LogP contribution is 2.25. The van der Waals surface area contributed by atoms with Gasteiger partial charge in [-0.15, -0.1) is 22.7 Å². The number of nitrogens with one attached hydrogen (secondary N) is 2. The Morgan fingerprint density at radius 2 is 1.72 bits per heavy atom. The molecular weight excluding hydrogens is 406 g/mol. The average molecular weight is 424 g/mol. The van der Waals surface area contributed by atoms with Gasteiger partial charge in [-0.05, 0) is 61.0 Å². The van der Waals surface area contributed by atoms with Crippen LogP contribution in [-0.4, -0.2) is 23.9 Å². The van der Waals surface area contributed by atoms with Crippen LogP contribution in [0.5, 0.6) is 5.75 Å². The largest absolute Gasteiger partial charge is 0.497 e. The van der Waals surface area contributed by atoms with Gasteiger partial charge < -0.3 is 15.4 Å². The van der Waals surface area contributed by atoms with Crippen molar-refractivity contribution in [1.82, 2.24) is 4.98 Å². The van der Waals surface area contributed by atoms with E-state index in [1.165, 1.54) is 0 Å². The second-order valence-electron chi connectivity index (χ2n) is 6.29. The summed E-state index contributed by atoms with van der Waals surface area (Å²) in [6.07, 6.45) is 0. The van der Waals surface area contributed by atoms with Crippen molar-refractivity contribution in [3.63, 3.8) is 0 Å². The molecule has 146 valence electrons. The standard InChI is InChI=1S/C21H17N3O3S2/c1-12-9-14(27-2)4-5-15(12)24-21(26)19-8-7-18(29-19)20(25)23-13-3-6-17-16(10-13)22-11-28-17/h3-11H,1-2H3,(H,23,25)(H,24,26). The zero-order valence-electron chi connectivity index (χ0n) is 15.7. The molecule has 0 atom stereocenters. The first kappa shape index (κ1) is 19.1. The Hall–Kier alpha value is -3.23. The molecule has 0 fully saturated rings. The number of ether oxygens (including phenoxy) is 1. The van der Waals surface area contributed by atoms with Crippen LogP contribution in [0.3, 0.4) is 0 Å². The number of methoxy groups -OCH3 is 1. The summed E-state index contributed by atoms with van der Waals surface area (Å²) in [7, 11) is 1.60. The van der Waals surface area contributed by atoms with E-state index in [1.54, 1.807) is 48.2 Å². The van der Waals surface area contributed by atoms with E-state index in [2.05, 4.69) is 15.6 Å². The Morgan fingerprint density at radius 1 is 0.966 bits per heavy atom. The smallest absolute Gasteiger partial charge is 0.265 e. The molecule has 0 aliphatic rings. The molecule has 0 saturated carbocycles. The van der Waals surface area contributed by atoms with Gasteiger partial charge in [-0.1, -0.05) is 0 Å². The summed E-state index contributed by atoms with van der Waals surface area (Å²) in [5.74, 6) is 0.210. The molecule has 2 amide bonds. The first-order valence-electron chi connectivity index (χ1n) is 8.74. The maximum Gasteiger partial charge on any atom is 0.265 e. The SMILES string of the molecule is COc1ccc(NC(=O)c2ccc(C(=O)Nc3ccc4scnc4c3)s2)c(C)c1. The van der Waals surface area contributed by atoms with Gasteiger partial charge in [0.2, 0.25) is 0 Å². The Balaban J connectivity index is 1.45. The highest BCUT2D eigenvalue weighted by Gasteiger charge is 2.15. The Morgan fingerprint density at radius 3 is 2.45 bits per heavy atom. The molecule has 6 nitrogen and oxygen atoms in total. The highest BCUT2D eigenvalue weighted by atomic mass is 32.1. The van der Waals surface area contributed by atoms with Gasteiger partial charge in [0.05, 0.1) is 32.6 Å². The van der Waals surface area contributed by atoms with Gasteiger partial charge in [0, 0.05) is 11.4 Å². The number of fused-ring (bicyclic) bond motifs is 1. The van der Waals surface area contributed by atoms with Crippen molar-refractivity contribution < 1.29 is 14.3 Å². The first-order chi connectivity index (χ1) is 14.0. The molecule has 0 spiro atoms. The number of aromatic nitrogens is 1. The third-order valence-electron chi connectivity index (χ3n) is 4.32. The molecule has 2 heterocycles. The van der Waals surface area contributed by atoms with E-state index in [-0.39, 0.29) is 11.8 Å². The fraction of sp³-hybridized carbons (Fsp3) is 0.0952. The molecule has 0 aliphatic carbocycles. The van der Waals surface area contributed by atoms with Crippen LogP contribution in [0, 0.1) is 6.92 Å². The van der Waals surface area contributed by atoms with Gasteiger partial charge in [-0.2, -0.15) is 0 Å². The number of benzene rings is 2. The zero-order chi connectivity index (χ0) is 20.4. The lowest BCUT2D eigenvalue weighted by Crippen LogP contribution is -2.11. The number of thiophene rings is 1. The van der Waals surface area contributed by atoms with Gasteiger partial charge in [-0.3, -0.25) is 9.59 Å². The normalized spacial score (nSPS) is 10.7. The van der Waals surface area contributed by atoms with Crippen LogP contribution in [-0.2, 0) is 0 Å². The molecule has 2 N–H and O–H groups in total. The van der Waals surface area contributed by atoms with E-state index in [0.717, 1.165) is 32.9 Å². The number of rotatable bonds is 5. The molecule has 0 bridgehead atoms. The second-order valence-corrected chi connectivity index (χ2v) is 8.26. The Kier molecular flexibility index (Phi) is 5.28. The van der Waals surface area contributed by atoms with Gasteiger partial charge in [0.25, 0.3) is 11.8 Å². The van der Waals surface area contributed by atoms with Crippen molar-refractivity contribution in [1.29, 1.82) is 0 Å². The Bertz CT molecular complexity index is 1210. The van der Waals surface area contributed by atoms with Crippen molar-refractivity contribution in [3.05, 3.63) is 69.4 Å². The van der Waals surface area contributed by atoms with Gasteiger partial charge in [-0.25, -0.2) is 4.98 Å². The number of anilines is 2. The number of nitrogens with zero attached hydrogens (tertiary/aromatic N) is 1. The molecule has 2 aromatic heterocycles. The fourth-order valence-electron chi connectivity index (χ4n) is 2.80. The van der Waals surface area contributed by atoms with Crippen LogP contribution in [0.15, 0.2) is 54.0 Å². The van der Waals surface area contributed by atoms with E-state index < -0.39 is 0 Å². The van der Waals surface area contributed by atoms with E-state index in [9.17, 15) is 9.59 Å². The highest BCUT2D eigenvalue weighted by molar-refractivity contribution is 7.16. The number of hydrogen-bond donors (Lipinski definition) is 2. The number of hydrogen-bond acceptors (Lipinski definition) is 6. The predicted molar refractivity (Wildman–Crippen MR) is 118 cm³/mol. The summed E-state index contributed by atoms with van der Waals surface area (Å²) >= 11 is 2.69. The Labute approximate surface area is 175 Å².